The minimum Gasteiger partial charge on any atom is -0.366 e. The van der Waals surface area contributed by atoms with Crippen molar-refractivity contribution in [1.29, 1.82) is 0 Å². The summed E-state index contributed by atoms with van der Waals surface area (Å²) in [5.74, 6) is -1.62. The predicted octanol–water partition coefficient (Wildman–Crippen LogP) is 2.27. The second kappa shape index (κ2) is 7.90. The van der Waals surface area contributed by atoms with Gasteiger partial charge < -0.3 is 16.0 Å². The molecule has 6 heteroatoms. The van der Waals surface area contributed by atoms with E-state index in [1.165, 1.54) is 12.1 Å². The average molecular weight is 343 g/mol. The van der Waals surface area contributed by atoms with Crippen LogP contribution in [0.2, 0.25) is 0 Å². The molecule has 1 atom stereocenters. The molecule has 2 aromatic carbocycles. The lowest BCUT2D eigenvalue weighted by Crippen LogP contribution is -2.39. The quantitative estimate of drug-likeness (QED) is 0.845. The number of rotatable bonds is 6. The van der Waals surface area contributed by atoms with Gasteiger partial charge in [0.1, 0.15) is 5.82 Å². The molecule has 0 aromatic heterocycles. The van der Waals surface area contributed by atoms with Crippen LogP contribution >= 0.6 is 0 Å². The van der Waals surface area contributed by atoms with Gasteiger partial charge in [0.05, 0.1) is 5.56 Å². The zero-order valence-electron chi connectivity index (χ0n) is 14.5. The smallest absolute Gasteiger partial charge is 0.251 e. The lowest BCUT2D eigenvalue weighted by molar-refractivity contribution is 0.0933. The zero-order chi connectivity index (χ0) is 18.6. The number of halogens is 1. The molecule has 25 heavy (non-hydrogen) atoms. The van der Waals surface area contributed by atoms with Crippen molar-refractivity contribution in [3.8, 4) is 11.1 Å². The maximum absolute atomic E-state index is 13.6. The van der Waals surface area contributed by atoms with E-state index in [0.29, 0.717) is 11.1 Å². The Labute approximate surface area is 146 Å². The topological polar surface area (TPSA) is 75.4 Å². The predicted molar refractivity (Wildman–Crippen MR) is 95.8 cm³/mol. The molecule has 0 saturated heterocycles. The van der Waals surface area contributed by atoms with Gasteiger partial charge in [-0.05, 0) is 56.4 Å². The fourth-order valence-corrected chi connectivity index (χ4v) is 2.61. The van der Waals surface area contributed by atoms with Crippen LogP contribution < -0.4 is 11.1 Å². The molecule has 0 bridgehead atoms. The van der Waals surface area contributed by atoms with Crippen LogP contribution in [0, 0.1) is 5.82 Å². The summed E-state index contributed by atoms with van der Waals surface area (Å²) < 4.78 is 13.6. The lowest BCUT2D eigenvalue weighted by Gasteiger charge is -2.18. The van der Waals surface area contributed by atoms with E-state index < -0.39 is 11.7 Å². The van der Waals surface area contributed by atoms with Crippen molar-refractivity contribution >= 4 is 11.8 Å². The highest BCUT2D eigenvalue weighted by Crippen LogP contribution is 2.22. The molecule has 0 saturated carbocycles. The van der Waals surface area contributed by atoms with Crippen molar-refractivity contribution in [2.45, 2.75) is 13.0 Å². The summed E-state index contributed by atoms with van der Waals surface area (Å²) in [7, 11) is 3.89. The molecule has 3 N–H and O–H groups in total. The van der Waals surface area contributed by atoms with E-state index >= 15 is 0 Å². The molecular formula is C19H22FN3O2. The van der Waals surface area contributed by atoms with Gasteiger partial charge in [-0.1, -0.05) is 18.2 Å². The number of likely N-dealkylation sites (N-methyl/N-ethyl adjacent to an activating group) is 1. The summed E-state index contributed by atoms with van der Waals surface area (Å²) in [6.45, 7) is 2.69. The molecular weight excluding hydrogens is 321 g/mol. The molecule has 0 spiro atoms. The SMILES string of the molecule is C[C@@H](CN(C)C)NC(=O)c1ccc(-c2ccc(F)c(C(N)=O)c2)cc1. The van der Waals surface area contributed by atoms with Gasteiger partial charge in [0, 0.05) is 18.2 Å². The number of primary amides is 1. The normalized spacial score (nSPS) is 12.0. The van der Waals surface area contributed by atoms with Crippen LogP contribution in [0.3, 0.4) is 0 Å². The van der Waals surface area contributed by atoms with Gasteiger partial charge in [0.15, 0.2) is 0 Å². The maximum Gasteiger partial charge on any atom is 0.251 e. The van der Waals surface area contributed by atoms with Crippen LogP contribution in [0.15, 0.2) is 42.5 Å². The third kappa shape index (κ3) is 4.87. The van der Waals surface area contributed by atoms with Crippen molar-refractivity contribution in [3.05, 3.63) is 59.4 Å². The Kier molecular flexibility index (Phi) is 5.88. The second-order valence-electron chi connectivity index (χ2n) is 6.27. The molecule has 0 fully saturated rings. The van der Waals surface area contributed by atoms with Crippen LogP contribution in [0.25, 0.3) is 11.1 Å². The van der Waals surface area contributed by atoms with Crippen molar-refractivity contribution < 1.29 is 14.0 Å². The first-order chi connectivity index (χ1) is 11.8. The van der Waals surface area contributed by atoms with Crippen LogP contribution in [0.5, 0.6) is 0 Å². The molecule has 0 aliphatic carbocycles. The first-order valence-electron chi connectivity index (χ1n) is 7.93. The Bertz CT molecular complexity index is 773. The van der Waals surface area contributed by atoms with E-state index in [1.807, 2.05) is 25.9 Å². The summed E-state index contributed by atoms with van der Waals surface area (Å²) in [6, 6.07) is 11.1. The van der Waals surface area contributed by atoms with Gasteiger partial charge >= 0.3 is 0 Å². The van der Waals surface area contributed by atoms with E-state index in [0.717, 1.165) is 12.1 Å². The Hall–Kier alpha value is -2.73. The van der Waals surface area contributed by atoms with Gasteiger partial charge in [-0.2, -0.15) is 0 Å². The maximum atomic E-state index is 13.6. The summed E-state index contributed by atoms with van der Waals surface area (Å²) in [5.41, 5.74) is 6.97. The Morgan fingerprint density at radius 3 is 2.28 bits per heavy atom. The van der Waals surface area contributed by atoms with Gasteiger partial charge in [0.2, 0.25) is 0 Å². The van der Waals surface area contributed by atoms with Crippen LogP contribution in [0.4, 0.5) is 4.39 Å². The summed E-state index contributed by atoms with van der Waals surface area (Å²) in [4.78, 5) is 25.5. The molecule has 0 aliphatic heterocycles. The lowest BCUT2D eigenvalue weighted by atomic mass is 10.0. The molecule has 0 aliphatic rings. The van der Waals surface area contributed by atoms with Crippen molar-refractivity contribution in [3.63, 3.8) is 0 Å². The molecule has 0 heterocycles. The van der Waals surface area contributed by atoms with Crippen LogP contribution in [-0.4, -0.2) is 43.4 Å². The van der Waals surface area contributed by atoms with Gasteiger partial charge in [0.25, 0.3) is 11.8 Å². The van der Waals surface area contributed by atoms with Gasteiger partial charge in [-0.25, -0.2) is 4.39 Å². The number of amides is 2. The minimum atomic E-state index is -0.815. The number of carbonyl (C=O) groups is 2. The van der Waals surface area contributed by atoms with E-state index in [4.69, 9.17) is 5.73 Å². The number of hydrogen-bond acceptors (Lipinski definition) is 3. The molecule has 0 radical (unpaired) electrons. The number of hydrogen-bond donors (Lipinski definition) is 2. The molecule has 2 aromatic rings. The second-order valence-corrected chi connectivity index (χ2v) is 6.27. The molecule has 5 nitrogen and oxygen atoms in total. The van der Waals surface area contributed by atoms with E-state index in [1.54, 1.807) is 30.3 Å². The van der Waals surface area contributed by atoms with Crippen LogP contribution in [0.1, 0.15) is 27.6 Å². The highest BCUT2D eigenvalue weighted by atomic mass is 19.1. The average Bonchev–Trinajstić information content (AvgIpc) is 2.54. The highest BCUT2D eigenvalue weighted by molar-refractivity contribution is 5.96. The van der Waals surface area contributed by atoms with Gasteiger partial charge in [-0.3, -0.25) is 9.59 Å². The van der Waals surface area contributed by atoms with Crippen LogP contribution in [-0.2, 0) is 0 Å². The van der Waals surface area contributed by atoms with Gasteiger partial charge in [-0.15, -0.1) is 0 Å². The molecule has 132 valence electrons. The standard InChI is InChI=1S/C19H22FN3O2/c1-12(11-23(2)3)22-19(25)14-6-4-13(5-7-14)15-8-9-17(20)16(10-15)18(21)24/h4-10,12H,11H2,1-3H3,(H2,21,24)(H,22,25)/t12-/m0/s1. The third-order valence-corrected chi connectivity index (χ3v) is 3.73. The fraction of sp³-hybridized carbons (Fsp3) is 0.263. The molecule has 0 unspecified atom stereocenters. The fourth-order valence-electron chi connectivity index (χ4n) is 2.61. The van der Waals surface area contributed by atoms with Crippen molar-refractivity contribution in [2.75, 3.05) is 20.6 Å². The monoisotopic (exact) mass is 343 g/mol. The van der Waals surface area contributed by atoms with Crippen molar-refractivity contribution in [1.82, 2.24) is 10.2 Å². The van der Waals surface area contributed by atoms with Crippen molar-refractivity contribution in [2.24, 2.45) is 5.73 Å². The number of nitrogens with zero attached hydrogens (tertiary/aromatic N) is 1. The van der Waals surface area contributed by atoms with E-state index in [-0.39, 0.29) is 17.5 Å². The number of carbonyl (C=O) groups excluding carboxylic acids is 2. The number of nitrogens with two attached hydrogens (primary N) is 1. The van der Waals surface area contributed by atoms with E-state index in [9.17, 15) is 14.0 Å². The first kappa shape index (κ1) is 18.6. The minimum absolute atomic E-state index is 0.0254. The zero-order valence-corrected chi connectivity index (χ0v) is 14.5. The molecule has 2 rings (SSSR count). The third-order valence-electron chi connectivity index (χ3n) is 3.73. The van der Waals surface area contributed by atoms with E-state index in [2.05, 4.69) is 5.32 Å². The Morgan fingerprint density at radius 2 is 1.72 bits per heavy atom. The summed E-state index contributed by atoms with van der Waals surface area (Å²) in [6.07, 6.45) is 0. The Morgan fingerprint density at radius 1 is 1.12 bits per heavy atom. The summed E-state index contributed by atoms with van der Waals surface area (Å²) >= 11 is 0. The number of benzene rings is 2. The largest absolute Gasteiger partial charge is 0.366 e. The molecule has 2 amide bonds. The number of nitrogens with one attached hydrogen (secondary N) is 1. The summed E-state index contributed by atoms with van der Waals surface area (Å²) in [5, 5.41) is 2.93. The highest BCUT2D eigenvalue weighted by Gasteiger charge is 2.12. The first-order valence-corrected chi connectivity index (χ1v) is 7.93. The Balaban J connectivity index is 2.16.